The predicted octanol–water partition coefficient (Wildman–Crippen LogP) is 1.87. The Balaban J connectivity index is 1.55. The molecule has 118 valence electrons. The Bertz CT molecular complexity index is 781. The Kier molecular flexibility index (Phi) is 4.34. The highest BCUT2D eigenvalue weighted by molar-refractivity contribution is 5.78. The lowest BCUT2D eigenvalue weighted by Crippen LogP contribution is -2.29. The number of aliphatic hydroxyl groups excluding tert-OH is 1. The first-order valence-corrected chi connectivity index (χ1v) is 7.24. The molecule has 0 aliphatic heterocycles. The highest BCUT2D eigenvalue weighted by Gasteiger charge is 2.11. The van der Waals surface area contributed by atoms with Crippen molar-refractivity contribution >= 4 is 11.6 Å². The minimum absolute atomic E-state index is 0.0673. The van der Waals surface area contributed by atoms with Crippen molar-refractivity contribution in [2.75, 3.05) is 6.54 Å². The third-order valence-corrected chi connectivity index (χ3v) is 3.50. The molecule has 2 heterocycles. The van der Waals surface area contributed by atoms with E-state index in [0.717, 1.165) is 5.65 Å². The number of aromatic nitrogens is 2. The Morgan fingerprint density at radius 2 is 2.04 bits per heavy atom. The summed E-state index contributed by atoms with van der Waals surface area (Å²) in [6, 6.07) is 11.2. The first-order valence-electron chi connectivity index (χ1n) is 7.24. The lowest BCUT2D eigenvalue weighted by atomic mass is 10.1. The first-order chi connectivity index (χ1) is 11.1. The van der Waals surface area contributed by atoms with Crippen molar-refractivity contribution < 1.29 is 14.3 Å². The lowest BCUT2D eigenvalue weighted by molar-refractivity contribution is -0.120. The van der Waals surface area contributed by atoms with E-state index in [1.807, 2.05) is 28.8 Å². The quantitative estimate of drug-likeness (QED) is 0.755. The zero-order valence-electron chi connectivity index (χ0n) is 12.3. The van der Waals surface area contributed by atoms with E-state index in [-0.39, 0.29) is 24.7 Å². The molecule has 6 heteroatoms. The van der Waals surface area contributed by atoms with Crippen molar-refractivity contribution in [1.82, 2.24) is 14.7 Å². The molecule has 0 aliphatic rings. The van der Waals surface area contributed by atoms with Crippen LogP contribution in [0, 0.1) is 5.82 Å². The third kappa shape index (κ3) is 3.73. The fourth-order valence-corrected chi connectivity index (χ4v) is 2.31. The van der Waals surface area contributed by atoms with Gasteiger partial charge in [-0.1, -0.05) is 18.2 Å². The van der Waals surface area contributed by atoms with Crippen molar-refractivity contribution in [2.45, 2.75) is 12.5 Å². The molecule has 1 atom stereocenters. The van der Waals surface area contributed by atoms with Gasteiger partial charge in [0.1, 0.15) is 11.5 Å². The highest BCUT2D eigenvalue weighted by atomic mass is 19.1. The van der Waals surface area contributed by atoms with E-state index < -0.39 is 6.10 Å². The van der Waals surface area contributed by atoms with Gasteiger partial charge in [0.05, 0.1) is 18.2 Å². The summed E-state index contributed by atoms with van der Waals surface area (Å²) in [5.41, 5.74) is 1.99. The molecular formula is C17H16FN3O2. The second-order valence-electron chi connectivity index (χ2n) is 5.25. The molecule has 0 saturated carbocycles. The van der Waals surface area contributed by atoms with E-state index in [2.05, 4.69) is 10.3 Å². The number of hydrogen-bond acceptors (Lipinski definition) is 3. The van der Waals surface area contributed by atoms with Gasteiger partial charge in [-0.25, -0.2) is 9.37 Å². The summed E-state index contributed by atoms with van der Waals surface area (Å²) >= 11 is 0. The van der Waals surface area contributed by atoms with Gasteiger partial charge in [0.2, 0.25) is 5.91 Å². The molecule has 23 heavy (non-hydrogen) atoms. The van der Waals surface area contributed by atoms with Crippen LogP contribution in [-0.4, -0.2) is 26.9 Å². The number of fused-ring (bicyclic) bond motifs is 1. The second-order valence-corrected chi connectivity index (χ2v) is 5.25. The number of rotatable bonds is 5. The summed E-state index contributed by atoms with van der Waals surface area (Å²) in [4.78, 5) is 16.3. The number of aliphatic hydroxyl groups is 1. The molecule has 0 spiro atoms. The van der Waals surface area contributed by atoms with E-state index in [0.29, 0.717) is 11.3 Å². The molecule has 1 aromatic carbocycles. The minimum Gasteiger partial charge on any atom is -0.387 e. The van der Waals surface area contributed by atoms with Gasteiger partial charge in [-0.2, -0.15) is 0 Å². The predicted molar refractivity (Wildman–Crippen MR) is 83.3 cm³/mol. The summed E-state index contributed by atoms with van der Waals surface area (Å²) in [5.74, 6) is -0.591. The van der Waals surface area contributed by atoms with E-state index in [9.17, 15) is 14.3 Å². The molecule has 0 radical (unpaired) electrons. The Hall–Kier alpha value is -2.73. The van der Waals surface area contributed by atoms with E-state index in [1.54, 1.807) is 6.20 Å². The summed E-state index contributed by atoms with van der Waals surface area (Å²) in [5, 5.41) is 12.6. The molecule has 2 aromatic heterocycles. The molecule has 1 unspecified atom stereocenters. The SMILES string of the molecule is O=C(Cc1cn2ccccc2n1)NCC(O)c1ccc(F)cc1. The van der Waals surface area contributed by atoms with E-state index in [1.165, 1.54) is 24.3 Å². The fraction of sp³-hybridized carbons (Fsp3) is 0.176. The van der Waals surface area contributed by atoms with Crippen molar-refractivity contribution in [3.63, 3.8) is 0 Å². The molecule has 0 fully saturated rings. The maximum absolute atomic E-state index is 12.8. The largest absolute Gasteiger partial charge is 0.387 e. The summed E-state index contributed by atoms with van der Waals surface area (Å²) in [7, 11) is 0. The molecule has 0 saturated heterocycles. The maximum Gasteiger partial charge on any atom is 0.226 e. The van der Waals surface area contributed by atoms with E-state index >= 15 is 0 Å². The molecule has 2 N–H and O–H groups in total. The number of pyridine rings is 1. The minimum atomic E-state index is -0.874. The Morgan fingerprint density at radius 3 is 2.78 bits per heavy atom. The van der Waals surface area contributed by atoms with Gasteiger partial charge < -0.3 is 14.8 Å². The Labute approximate surface area is 132 Å². The van der Waals surface area contributed by atoms with Crippen LogP contribution >= 0.6 is 0 Å². The monoisotopic (exact) mass is 313 g/mol. The number of halogens is 1. The number of nitrogens with zero attached hydrogens (tertiary/aromatic N) is 2. The van der Waals surface area contributed by atoms with Crippen LogP contribution in [0.5, 0.6) is 0 Å². The van der Waals surface area contributed by atoms with Gasteiger partial charge in [-0.15, -0.1) is 0 Å². The molecule has 3 aromatic rings. The van der Waals surface area contributed by atoms with Gasteiger partial charge >= 0.3 is 0 Å². The van der Waals surface area contributed by atoms with Gasteiger partial charge in [-0.05, 0) is 29.8 Å². The summed E-state index contributed by atoms with van der Waals surface area (Å²) in [6.07, 6.45) is 2.92. The van der Waals surface area contributed by atoms with Gasteiger partial charge in [0.15, 0.2) is 0 Å². The zero-order chi connectivity index (χ0) is 16.2. The number of amides is 1. The molecule has 0 bridgehead atoms. The number of nitrogens with one attached hydrogen (secondary N) is 1. The number of hydrogen-bond donors (Lipinski definition) is 2. The summed E-state index contributed by atoms with van der Waals surface area (Å²) in [6.45, 7) is 0.0673. The van der Waals surface area contributed by atoms with Crippen molar-refractivity contribution in [3.8, 4) is 0 Å². The second kappa shape index (κ2) is 6.58. The van der Waals surface area contributed by atoms with Crippen LogP contribution in [0.15, 0.2) is 54.9 Å². The van der Waals surface area contributed by atoms with Crippen molar-refractivity contribution in [3.05, 3.63) is 71.9 Å². The fourth-order valence-electron chi connectivity index (χ4n) is 2.31. The number of benzene rings is 1. The van der Waals surface area contributed by atoms with Crippen LogP contribution in [0.25, 0.3) is 5.65 Å². The normalized spacial score (nSPS) is 12.3. The van der Waals surface area contributed by atoms with Crippen LogP contribution in [0.2, 0.25) is 0 Å². The Morgan fingerprint density at radius 1 is 1.26 bits per heavy atom. The van der Waals surface area contributed by atoms with Crippen LogP contribution < -0.4 is 5.32 Å². The van der Waals surface area contributed by atoms with Gasteiger partial charge in [0, 0.05) is 18.9 Å². The number of carbonyl (C=O) groups excluding carboxylic acids is 1. The zero-order valence-corrected chi connectivity index (χ0v) is 12.3. The van der Waals surface area contributed by atoms with Crippen LogP contribution in [0.4, 0.5) is 4.39 Å². The standard InChI is InChI=1S/C17H16FN3O2/c18-13-6-4-12(5-7-13)15(22)10-19-17(23)9-14-11-21-8-2-1-3-16(21)20-14/h1-8,11,15,22H,9-10H2,(H,19,23). The first kappa shape index (κ1) is 15.2. The van der Waals surface area contributed by atoms with Crippen molar-refractivity contribution in [2.24, 2.45) is 0 Å². The van der Waals surface area contributed by atoms with Crippen LogP contribution in [0.1, 0.15) is 17.4 Å². The molecule has 5 nitrogen and oxygen atoms in total. The van der Waals surface area contributed by atoms with E-state index in [4.69, 9.17) is 0 Å². The van der Waals surface area contributed by atoms with Crippen LogP contribution in [-0.2, 0) is 11.2 Å². The number of carbonyl (C=O) groups is 1. The average molecular weight is 313 g/mol. The number of imidazole rings is 1. The van der Waals surface area contributed by atoms with Crippen molar-refractivity contribution in [1.29, 1.82) is 0 Å². The molecular weight excluding hydrogens is 297 g/mol. The summed E-state index contributed by atoms with van der Waals surface area (Å²) < 4.78 is 14.7. The van der Waals surface area contributed by atoms with Gasteiger partial charge in [-0.3, -0.25) is 4.79 Å². The average Bonchev–Trinajstić information content (AvgIpc) is 2.95. The lowest BCUT2D eigenvalue weighted by Gasteiger charge is -2.11. The van der Waals surface area contributed by atoms with Crippen LogP contribution in [0.3, 0.4) is 0 Å². The highest BCUT2D eigenvalue weighted by Crippen LogP contribution is 2.12. The third-order valence-electron chi connectivity index (χ3n) is 3.50. The molecule has 3 rings (SSSR count). The van der Waals surface area contributed by atoms with Gasteiger partial charge in [0.25, 0.3) is 0 Å². The smallest absolute Gasteiger partial charge is 0.226 e. The maximum atomic E-state index is 12.8. The topological polar surface area (TPSA) is 66.6 Å². The molecule has 1 amide bonds. The molecule has 0 aliphatic carbocycles.